The van der Waals surface area contributed by atoms with Gasteiger partial charge in [-0.3, -0.25) is 0 Å². The summed E-state index contributed by atoms with van der Waals surface area (Å²) >= 11 is 0. The van der Waals surface area contributed by atoms with Gasteiger partial charge in [-0.15, -0.1) is 0 Å². The Morgan fingerprint density at radius 3 is 2.13 bits per heavy atom. The Kier molecular flexibility index (Phi) is 6.57. The van der Waals surface area contributed by atoms with Crippen LogP contribution in [-0.2, 0) is 14.5 Å². The van der Waals surface area contributed by atoms with Gasteiger partial charge in [0.15, 0.2) is 0 Å². The van der Waals surface area contributed by atoms with Crippen LogP contribution >= 0.6 is 0 Å². The van der Waals surface area contributed by atoms with Crippen LogP contribution in [0.5, 0.6) is 5.75 Å². The van der Waals surface area contributed by atoms with E-state index in [1.54, 1.807) is 0 Å². The molecule has 1 aromatic rings. The van der Waals surface area contributed by atoms with Gasteiger partial charge in [-0.2, -0.15) is 0 Å². The zero-order valence-corrected chi connectivity index (χ0v) is 19.0. The number of methoxy groups -OCH3 is 1. The van der Waals surface area contributed by atoms with Crippen molar-refractivity contribution in [2.24, 2.45) is 29.4 Å². The second-order valence-corrected chi connectivity index (χ2v) is 10.4. The van der Waals surface area contributed by atoms with Crippen molar-refractivity contribution in [2.75, 3.05) is 20.3 Å². The predicted molar refractivity (Wildman–Crippen MR) is 120 cm³/mol. The van der Waals surface area contributed by atoms with Crippen molar-refractivity contribution in [3.05, 3.63) is 29.8 Å². The van der Waals surface area contributed by atoms with Crippen LogP contribution in [0.25, 0.3) is 0 Å². The lowest BCUT2D eigenvalue weighted by Crippen LogP contribution is -2.60. The van der Waals surface area contributed by atoms with Gasteiger partial charge in [-0.1, -0.05) is 12.1 Å². The molecule has 5 fully saturated rings. The van der Waals surface area contributed by atoms with E-state index in [4.69, 9.17) is 25.0 Å². The highest BCUT2D eigenvalue weighted by molar-refractivity contribution is 5.29. The van der Waals surface area contributed by atoms with E-state index >= 15 is 0 Å². The summed E-state index contributed by atoms with van der Waals surface area (Å²) in [6.45, 7) is 1.35. The van der Waals surface area contributed by atoms with Crippen LogP contribution in [0.3, 0.4) is 0 Å². The second kappa shape index (κ2) is 9.38. The smallest absolute Gasteiger partial charge is 0.207 e. The number of nitrogens with two attached hydrogens (primary N) is 1. The highest BCUT2D eigenvalue weighted by Crippen LogP contribution is 2.60. The van der Waals surface area contributed by atoms with E-state index in [-0.39, 0.29) is 6.10 Å². The first-order valence-electron chi connectivity index (χ1n) is 12.5. The van der Waals surface area contributed by atoms with Crippen LogP contribution in [0.4, 0.5) is 0 Å². The Morgan fingerprint density at radius 2 is 1.55 bits per heavy atom. The van der Waals surface area contributed by atoms with Gasteiger partial charge in [-0.25, -0.2) is 9.78 Å². The summed E-state index contributed by atoms with van der Waals surface area (Å²) in [7, 11) is 1.83. The fraction of sp³-hybridized carbons (Fsp3) is 0.769. The van der Waals surface area contributed by atoms with E-state index in [1.165, 1.54) is 37.7 Å². The zero-order valence-electron chi connectivity index (χ0n) is 19.0. The molecule has 172 valence electrons. The molecule has 0 saturated heterocycles. The molecule has 5 saturated carbocycles. The summed E-state index contributed by atoms with van der Waals surface area (Å²) in [5, 5.41) is 0. The van der Waals surface area contributed by atoms with Gasteiger partial charge < -0.3 is 15.2 Å². The lowest BCUT2D eigenvalue weighted by Gasteiger charge is -2.58. The first-order chi connectivity index (χ1) is 15.2. The van der Waals surface area contributed by atoms with Gasteiger partial charge in [0.05, 0.1) is 12.7 Å². The minimum atomic E-state index is -0.496. The van der Waals surface area contributed by atoms with Crippen LogP contribution in [0.1, 0.15) is 75.7 Å². The van der Waals surface area contributed by atoms with Crippen LogP contribution in [0.2, 0.25) is 0 Å². The standard InChI is InChI=1S/C26H39NO4/c1-28-26(22-14-18-13-19(16-22)17-23(26)15-18)31-30-25-9-5-21(6-10-25)20-3-7-24(8-4-20)29-12-2-11-27/h3-4,7-8,18-19,21-23,25H,2,5-6,9-17,27H2,1H3. The van der Waals surface area contributed by atoms with Crippen molar-refractivity contribution in [1.82, 2.24) is 0 Å². The monoisotopic (exact) mass is 429 g/mol. The van der Waals surface area contributed by atoms with Crippen molar-refractivity contribution < 1.29 is 19.2 Å². The topological polar surface area (TPSA) is 62.9 Å². The molecule has 1 aromatic carbocycles. The number of hydrogen-bond donors (Lipinski definition) is 1. The largest absolute Gasteiger partial charge is 0.494 e. The molecule has 2 N–H and O–H groups in total. The van der Waals surface area contributed by atoms with Gasteiger partial charge in [0.25, 0.3) is 0 Å². The molecule has 0 amide bonds. The predicted octanol–water partition coefficient (Wildman–Crippen LogP) is 5.19. The van der Waals surface area contributed by atoms with E-state index in [9.17, 15) is 0 Å². The summed E-state index contributed by atoms with van der Waals surface area (Å²) in [6.07, 6.45) is 11.9. The molecule has 0 radical (unpaired) electrons. The molecular weight excluding hydrogens is 390 g/mol. The Hall–Kier alpha value is -1.14. The zero-order chi connectivity index (χ0) is 21.3. The molecule has 5 aliphatic rings. The fourth-order valence-corrected chi connectivity index (χ4v) is 7.09. The highest BCUT2D eigenvalue weighted by Gasteiger charge is 2.60. The third-order valence-corrected chi connectivity index (χ3v) is 8.55. The summed E-state index contributed by atoms with van der Waals surface area (Å²) < 4.78 is 11.8. The molecule has 5 nitrogen and oxygen atoms in total. The van der Waals surface area contributed by atoms with Crippen molar-refractivity contribution in [2.45, 2.75) is 82.0 Å². The Bertz CT molecular complexity index is 685. The third-order valence-electron chi connectivity index (χ3n) is 8.55. The maximum absolute atomic E-state index is 6.25. The van der Waals surface area contributed by atoms with Crippen molar-refractivity contribution in [3.8, 4) is 5.75 Å². The van der Waals surface area contributed by atoms with Crippen LogP contribution in [-0.4, -0.2) is 32.2 Å². The lowest BCUT2D eigenvalue weighted by molar-refractivity contribution is -0.485. The summed E-state index contributed by atoms with van der Waals surface area (Å²) in [5.41, 5.74) is 6.93. The fourth-order valence-electron chi connectivity index (χ4n) is 7.09. The maximum atomic E-state index is 6.25. The van der Waals surface area contributed by atoms with Crippen molar-refractivity contribution >= 4 is 0 Å². The molecule has 0 spiro atoms. The average molecular weight is 430 g/mol. The molecule has 0 aromatic heterocycles. The molecule has 5 aliphatic carbocycles. The van der Waals surface area contributed by atoms with Gasteiger partial charge in [0, 0.05) is 18.9 Å². The Morgan fingerprint density at radius 1 is 0.903 bits per heavy atom. The maximum Gasteiger partial charge on any atom is 0.207 e. The van der Waals surface area contributed by atoms with Crippen LogP contribution in [0.15, 0.2) is 24.3 Å². The molecule has 4 bridgehead atoms. The van der Waals surface area contributed by atoms with E-state index in [1.807, 2.05) is 7.11 Å². The molecule has 0 unspecified atom stereocenters. The number of ether oxygens (including phenoxy) is 2. The average Bonchev–Trinajstić information content (AvgIpc) is 2.80. The Balaban J connectivity index is 1.11. The minimum Gasteiger partial charge on any atom is -0.494 e. The van der Waals surface area contributed by atoms with Crippen molar-refractivity contribution in [1.29, 1.82) is 0 Å². The number of rotatable bonds is 9. The first kappa shape index (κ1) is 21.7. The third kappa shape index (κ3) is 4.39. The van der Waals surface area contributed by atoms with Crippen LogP contribution < -0.4 is 10.5 Å². The van der Waals surface area contributed by atoms with E-state index < -0.39 is 5.79 Å². The summed E-state index contributed by atoms with van der Waals surface area (Å²) in [5.74, 6) is 3.83. The molecule has 0 aliphatic heterocycles. The van der Waals surface area contributed by atoms with E-state index in [0.29, 0.717) is 30.9 Å². The molecule has 5 heteroatoms. The highest BCUT2D eigenvalue weighted by atomic mass is 17.2. The SMILES string of the molecule is COC1(OOC2CCC(c3ccc(OCCCN)cc3)CC2)C2CC3CC(C2)CC1C3. The van der Waals surface area contributed by atoms with E-state index in [0.717, 1.165) is 49.7 Å². The molecule has 31 heavy (non-hydrogen) atoms. The first-order valence-corrected chi connectivity index (χ1v) is 12.5. The number of hydrogen-bond acceptors (Lipinski definition) is 5. The van der Waals surface area contributed by atoms with Crippen molar-refractivity contribution in [3.63, 3.8) is 0 Å². The Labute approximate surface area is 186 Å². The molecular formula is C26H39NO4. The van der Waals surface area contributed by atoms with Gasteiger partial charge >= 0.3 is 0 Å². The van der Waals surface area contributed by atoms with E-state index in [2.05, 4.69) is 24.3 Å². The van der Waals surface area contributed by atoms with Gasteiger partial charge in [0.2, 0.25) is 5.79 Å². The normalized spacial score (nSPS) is 39.0. The minimum absolute atomic E-state index is 0.180. The summed E-state index contributed by atoms with van der Waals surface area (Å²) in [6, 6.07) is 8.61. The van der Waals surface area contributed by atoms with Gasteiger partial charge in [0.1, 0.15) is 5.75 Å². The lowest BCUT2D eigenvalue weighted by atomic mass is 9.53. The van der Waals surface area contributed by atoms with Crippen LogP contribution in [0, 0.1) is 23.7 Å². The van der Waals surface area contributed by atoms with Gasteiger partial charge in [-0.05, 0) is 106 Å². The molecule has 0 atom stereocenters. The number of benzene rings is 1. The molecule has 6 rings (SSSR count). The quantitative estimate of drug-likeness (QED) is 0.253. The summed E-state index contributed by atoms with van der Waals surface area (Å²) in [4.78, 5) is 12.4. The molecule has 0 heterocycles. The second-order valence-electron chi connectivity index (χ2n) is 10.4.